The number of H-pyrrole nitrogens is 1. The van der Waals surface area contributed by atoms with Gasteiger partial charge in [0.2, 0.25) is 0 Å². The van der Waals surface area contributed by atoms with Gasteiger partial charge >= 0.3 is 5.76 Å². The van der Waals surface area contributed by atoms with Gasteiger partial charge < -0.3 is 14.9 Å². The first kappa shape index (κ1) is 24.1. The lowest BCUT2D eigenvalue weighted by molar-refractivity contribution is 0.100. The van der Waals surface area contributed by atoms with Crippen molar-refractivity contribution in [1.29, 1.82) is 0 Å². The lowest BCUT2D eigenvalue weighted by Gasteiger charge is -2.14. The Morgan fingerprint density at radius 3 is 2.75 bits per heavy atom. The molecule has 2 aliphatic rings. The van der Waals surface area contributed by atoms with Gasteiger partial charge in [-0.15, -0.1) is 0 Å². The van der Waals surface area contributed by atoms with Gasteiger partial charge in [-0.2, -0.15) is 0 Å². The van der Waals surface area contributed by atoms with E-state index in [9.17, 15) is 14.0 Å². The van der Waals surface area contributed by atoms with Crippen LogP contribution in [0.1, 0.15) is 75.5 Å². The fraction of sp³-hybridized carbons (Fsp3) is 0.200. The number of nitrogens with one attached hydrogen (secondary N) is 1. The van der Waals surface area contributed by atoms with Crippen LogP contribution < -0.4 is 16.2 Å². The highest BCUT2D eigenvalue weighted by Gasteiger charge is 2.31. The first-order chi connectivity index (χ1) is 19.4. The Morgan fingerprint density at radius 2 is 2.00 bits per heavy atom. The number of aromatic amines is 1. The molecule has 4 heterocycles. The average molecular weight is 538 g/mol. The number of pyridine rings is 1. The van der Waals surface area contributed by atoms with Gasteiger partial charge in [-0.25, -0.2) is 14.2 Å². The van der Waals surface area contributed by atoms with Crippen molar-refractivity contribution in [3.8, 4) is 5.75 Å². The Kier molecular flexibility index (Phi) is 5.44. The minimum atomic E-state index is -0.659. The zero-order valence-corrected chi connectivity index (χ0v) is 21.5. The number of fused-ring (bicyclic) bond motifs is 3. The smallest absolute Gasteiger partial charge is 0.439 e. The summed E-state index contributed by atoms with van der Waals surface area (Å²) in [5.41, 5.74) is 13.5. The molecule has 9 nitrogen and oxygen atoms in total. The molecule has 40 heavy (non-hydrogen) atoms. The van der Waals surface area contributed by atoms with Gasteiger partial charge in [-0.05, 0) is 66.3 Å². The first-order valence-corrected chi connectivity index (χ1v) is 13.0. The molecule has 1 fully saturated rings. The topological polar surface area (TPSA) is 129 Å². The monoisotopic (exact) mass is 537 g/mol. The van der Waals surface area contributed by atoms with Crippen LogP contribution in [0.3, 0.4) is 0 Å². The number of nitrogens with zero attached hydrogens (tertiary/aromatic N) is 3. The molecule has 10 heteroatoms. The Labute approximate surface area is 227 Å². The van der Waals surface area contributed by atoms with E-state index in [1.54, 1.807) is 12.1 Å². The van der Waals surface area contributed by atoms with E-state index in [1.165, 1.54) is 12.1 Å². The van der Waals surface area contributed by atoms with E-state index in [4.69, 9.17) is 20.0 Å². The molecule has 2 aromatic carbocycles. The Hall–Kier alpha value is -4.99. The summed E-state index contributed by atoms with van der Waals surface area (Å²) in [6, 6.07) is 14.0. The predicted octanol–water partition coefficient (Wildman–Crippen LogP) is 4.59. The van der Waals surface area contributed by atoms with Gasteiger partial charge in [0, 0.05) is 35.7 Å². The second-order valence-electron chi connectivity index (χ2n) is 10.2. The van der Waals surface area contributed by atoms with Crippen molar-refractivity contribution in [1.82, 2.24) is 19.5 Å². The lowest BCUT2D eigenvalue weighted by atomic mass is 9.89. The lowest BCUT2D eigenvalue weighted by Crippen LogP contribution is -2.12. The standard InChI is InChI=1S/C30H24FN5O4/c1-15(28-34-30(38)40-35-28)25-20-8-4-16(11-18(20)14-39-24-13-19(31)7-9-21(24)25)12-23-26(17-5-6-17)33-29-22(27(32)37)3-2-10-36(23)29/h2-4,7-11,13,17H,5-6,12,14H2,1H3,(H2,32,37)(H,34,35,38)/b25-15+. The number of benzene rings is 2. The number of ether oxygens (including phenoxy) is 1. The molecule has 0 saturated heterocycles. The molecule has 1 aliphatic heterocycles. The summed E-state index contributed by atoms with van der Waals surface area (Å²) in [6.07, 6.45) is 4.62. The molecular formula is C30H24FN5O4. The van der Waals surface area contributed by atoms with E-state index < -0.39 is 17.5 Å². The number of imidazole rings is 1. The summed E-state index contributed by atoms with van der Waals surface area (Å²) in [6.45, 7) is 2.05. The number of carbonyl (C=O) groups is 1. The van der Waals surface area contributed by atoms with Crippen LogP contribution in [0.2, 0.25) is 0 Å². The third kappa shape index (κ3) is 4.00. The maximum absolute atomic E-state index is 14.2. The molecule has 1 aliphatic carbocycles. The molecule has 0 spiro atoms. The molecule has 1 amide bonds. The second-order valence-corrected chi connectivity index (χ2v) is 10.2. The van der Waals surface area contributed by atoms with E-state index in [2.05, 4.69) is 16.2 Å². The Morgan fingerprint density at radius 1 is 1.18 bits per heavy atom. The molecule has 3 N–H and O–H groups in total. The molecule has 5 aromatic rings. The Bertz CT molecular complexity index is 1930. The van der Waals surface area contributed by atoms with Crippen LogP contribution in [0.4, 0.5) is 4.39 Å². The van der Waals surface area contributed by atoms with Gasteiger partial charge in [0.1, 0.15) is 23.8 Å². The molecule has 0 radical (unpaired) electrons. The van der Waals surface area contributed by atoms with E-state index in [0.29, 0.717) is 40.4 Å². The number of hydrogen-bond acceptors (Lipinski definition) is 6. The molecule has 0 unspecified atom stereocenters. The third-order valence-electron chi connectivity index (χ3n) is 7.59. The number of allylic oxidation sites excluding steroid dienone is 1. The number of aromatic nitrogens is 4. The molecule has 3 aromatic heterocycles. The highest BCUT2D eigenvalue weighted by Crippen LogP contribution is 2.43. The molecular weight excluding hydrogens is 513 g/mol. The van der Waals surface area contributed by atoms with Crippen molar-refractivity contribution in [3.05, 3.63) is 116 Å². The quantitative estimate of drug-likeness (QED) is 0.338. The van der Waals surface area contributed by atoms with Crippen LogP contribution >= 0.6 is 0 Å². The number of amides is 1. The van der Waals surface area contributed by atoms with Gasteiger partial charge in [-0.1, -0.05) is 23.4 Å². The second kappa shape index (κ2) is 9.04. The SMILES string of the molecule is C/C(=C1/c2ccc(Cc3c(C4CC4)nc4c(C(N)=O)cccn34)cc2COc2cc(F)ccc21)c1noc(=O)[nH]1. The third-order valence-corrected chi connectivity index (χ3v) is 7.59. The van der Waals surface area contributed by atoms with Crippen molar-refractivity contribution < 1.29 is 18.4 Å². The van der Waals surface area contributed by atoms with Crippen molar-refractivity contribution >= 4 is 22.7 Å². The van der Waals surface area contributed by atoms with Crippen molar-refractivity contribution in [2.24, 2.45) is 5.73 Å². The average Bonchev–Trinajstić information content (AvgIpc) is 3.63. The van der Waals surface area contributed by atoms with E-state index >= 15 is 0 Å². The zero-order chi connectivity index (χ0) is 27.5. The Balaban J connectivity index is 1.36. The van der Waals surface area contributed by atoms with Crippen LogP contribution in [0.5, 0.6) is 5.75 Å². The minimum absolute atomic E-state index is 0.222. The highest BCUT2D eigenvalue weighted by molar-refractivity contribution is 5.99. The number of halogens is 1. The summed E-state index contributed by atoms with van der Waals surface area (Å²) >= 11 is 0. The minimum Gasteiger partial charge on any atom is -0.488 e. The molecule has 7 rings (SSSR count). The number of carbonyl (C=O) groups excluding carboxylic acids is 1. The molecule has 1 saturated carbocycles. The number of primary amides is 1. The maximum Gasteiger partial charge on any atom is 0.439 e. The van der Waals surface area contributed by atoms with Gasteiger partial charge in [0.25, 0.3) is 5.91 Å². The zero-order valence-electron chi connectivity index (χ0n) is 21.5. The number of nitrogens with two attached hydrogens (primary N) is 1. The maximum atomic E-state index is 14.2. The number of hydrogen-bond donors (Lipinski definition) is 2. The summed E-state index contributed by atoms with van der Waals surface area (Å²) in [5.74, 6) is -0.523. The first-order valence-electron chi connectivity index (χ1n) is 13.0. The molecule has 200 valence electrons. The highest BCUT2D eigenvalue weighted by atomic mass is 19.1. The van der Waals surface area contributed by atoms with Crippen LogP contribution in [0, 0.1) is 5.82 Å². The van der Waals surface area contributed by atoms with Crippen LogP contribution in [-0.4, -0.2) is 25.4 Å². The van der Waals surface area contributed by atoms with Gasteiger partial charge in [0.15, 0.2) is 5.82 Å². The largest absolute Gasteiger partial charge is 0.488 e. The van der Waals surface area contributed by atoms with Crippen molar-refractivity contribution in [2.75, 3.05) is 0 Å². The summed E-state index contributed by atoms with van der Waals surface area (Å²) in [5, 5.41) is 3.87. The molecule has 0 bridgehead atoms. The normalized spacial score (nSPS) is 15.8. The van der Waals surface area contributed by atoms with E-state index in [0.717, 1.165) is 46.5 Å². The van der Waals surface area contributed by atoms with Crippen LogP contribution in [0.25, 0.3) is 16.8 Å². The van der Waals surface area contributed by atoms with Crippen LogP contribution in [0.15, 0.2) is 64.0 Å². The molecule has 0 atom stereocenters. The number of rotatable bonds is 5. The van der Waals surface area contributed by atoms with Crippen LogP contribution in [-0.2, 0) is 13.0 Å². The summed E-state index contributed by atoms with van der Waals surface area (Å²) in [4.78, 5) is 31.2. The summed E-state index contributed by atoms with van der Waals surface area (Å²) in [7, 11) is 0. The van der Waals surface area contributed by atoms with Gasteiger partial charge in [-0.3, -0.25) is 14.3 Å². The fourth-order valence-corrected chi connectivity index (χ4v) is 5.54. The van der Waals surface area contributed by atoms with Gasteiger partial charge in [0.05, 0.1) is 17.0 Å². The van der Waals surface area contributed by atoms with Crippen molar-refractivity contribution in [3.63, 3.8) is 0 Å². The van der Waals surface area contributed by atoms with Crippen molar-refractivity contribution in [2.45, 2.75) is 38.7 Å². The van der Waals surface area contributed by atoms with E-state index in [1.807, 2.05) is 35.7 Å². The van der Waals surface area contributed by atoms with E-state index in [-0.39, 0.29) is 12.4 Å². The fourth-order valence-electron chi connectivity index (χ4n) is 5.54. The summed E-state index contributed by atoms with van der Waals surface area (Å²) < 4.78 is 27.0. The predicted molar refractivity (Wildman–Crippen MR) is 144 cm³/mol.